The van der Waals surface area contributed by atoms with Crippen LogP contribution in [0.25, 0.3) is 0 Å². The quantitative estimate of drug-likeness (QED) is 0.469. The molecular formula is C6H14N2Si2. The van der Waals surface area contributed by atoms with E-state index in [1.54, 1.807) is 0 Å². The summed E-state index contributed by atoms with van der Waals surface area (Å²) in [5, 5.41) is 3.32. The molecule has 0 aromatic carbocycles. The Hall–Kier alpha value is -0.326. The van der Waals surface area contributed by atoms with Gasteiger partial charge >= 0.3 is 0 Å². The minimum absolute atomic E-state index is 0.118. The summed E-state index contributed by atoms with van der Waals surface area (Å²) in [6, 6.07) is 0. The van der Waals surface area contributed by atoms with Crippen molar-refractivity contribution >= 4 is 20.8 Å². The van der Waals surface area contributed by atoms with E-state index in [2.05, 4.69) is 28.6 Å². The first-order chi connectivity index (χ1) is 4.65. The maximum Gasteiger partial charge on any atom is 0.0937 e. The lowest BCUT2D eigenvalue weighted by Gasteiger charge is -2.36. The fraction of sp³-hybridized carbons (Fsp3) is 0.333. The second-order valence-corrected chi connectivity index (χ2v) is 7.38. The molecule has 1 unspecified atom stereocenters. The van der Waals surface area contributed by atoms with Gasteiger partial charge in [0.05, 0.1) is 26.5 Å². The zero-order chi connectivity index (χ0) is 7.61. The summed E-state index contributed by atoms with van der Waals surface area (Å²) in [5.41, 5.74) is 0.118. The minimum atomic E-state index is 0.118. The van der Waals surface area contributed by atoms with Gasteiger partial charge in [0.2, 0.25) is 0 Å². The van der Waals surface area contributed by atoms with E-state index in [9.17, 15) is 0 Å². The van der Waals surface area contributed by atoms with Crippen LogP contribution in [0.2, 0.25) is 0 Å². The number of hydrogen-bond acceptors (Lipinski definition) is 2. The fourth-order valence-electron chi connectivity index (χ4n) is 0.842. The van der Waals surface area contributed by atoms with Crippen LogP contribution in [0.1, 0.15) is 6.92 Å². The molecule has 56 valence electrons. The van der Waals surface area contributed by atoms with Gasteiger partial charge in [0, 0.05) is 0 Å². The van der Waals surface area contributed by atoms with Crippen LogP contribution in [0, 0.1) is 0 Å². The normalized spacial score (nSPS) is 31.4. The minimum Gasteiger partial charge on any atom is -0.371 e. The van der Waals surface area contributed by atoms with Crippen molar-refractivity contribution in [1.29, 1.82) is 0 Å². The van der Waals surface area contributed by atoms with Crippen LogP contribution in [-0.4, -0.2) is 30.7 Å². The third-order valence-corrected chi connectivity index (χ3v) is 3.79. The highest BCUT2D eigenvalue weighted by Gasteiger charge is 2.20. The SMILES string of the molecule is CC1(N([SiH3])[SiH3])C=CC=CN1. The van der Waals surface area contributed by atoms with Gasteiger partial charge in [0.1, 0.15) is 0 Å². The van der Waals surface area contributed by atoms with Gasteiger partial charge in [-0.3, -0.25) is 0 Å². The van der Waals surface area contributed by atoms with E-state index in [0.29, 0.717) is 0 Å². The Morgan fingerprint density at radius 2 is 2.10 bits per heavy atom. The summed E-state index contributed by atoms with van der Waals surface area (Å²) in [5.74, 6) is 0. The molecule has 0 spiro atoms. The first-order valence-electron chi connectivity index (χ1n) is 3.45. The van der Waals surface area contributed by atoms with E-state index in [-0.39, 0.29) is 5.66 Å². The molecule has 0 aromatic rings. The predicted molar refractivity (Wildman–Crippen MR) is 51.5 cm³/mol. The number of allylic oxidation sites excluding steroid dienone is 2. The Morgan fingerprint density at radius 3 is 2.40 bits per heavy atom. The van der Waals surface area contributed by atoms with E-state index in [1.807, 2.05) is 12.3 Å². The lowest BCUT2D eigenvalue weighted by atomic mass is 10.1. The molecule has 1 rings (SSSR count). The molecule has 0 fully saturated rings. The van der Waals surface area contributed by atoms with E-state index in [1.165, 1.54) is 0 Å². The highest BCUT2D eigenvalue weighted by atomic mass is 28.2. The van der Waals surface area contributed by atoms with Crippen LogP contribution >= 0.6 is 0 Å². The number of hydrogen-bond donors (Lipinski definition) is 1. The van der Waals surface area contributed by atoms with Crippen LogP contribution in [0.3, 0.4) is 0 Å². The predicted octanol–water partition coefficient (Wildman–Crippen LogP) is -1.76. The van der Waals surface area contributed by atoms with Crippen molar-refractivity contribution in [3.63, 3.8) is 0 Å². The first kappa shape index (κ1) is 7.78. The van der Waals surface area contributed by atoms with E-state index >= 15 is 0 Å². The van der Waals surface area contributed by atoms with Gasteiger partial charge in [0.25, 0.3) is 0 Å². The van der Waals surface area contributed by atoms with E-state index < -0.39 is 0 Å². The van der Waals surface area contributed by atoms with Crippen LogP contribution in [0.15, 0.2) is 24.4 Å². The lowest BCUT2D eigenvalue weighted by molar-refractivity contribution is 0.354. The molecule has 0 saturated heterocycles. The van der Waals surface area contributed by atoms with Gasteiger partial charge < -0.3 is 9.55 Å². The average Bonchev–Trinajstić information content (AvgIpc) is 1.89. The largest absolute Gasteiger partial charge is 0.371 e. The van der Waals surface area contributed by atoms with Gasteiger partial charge in [-0.25, -0.2) is 0 Å². The van der Waals surface area contributed by atoms with Crippen molar-refractivity contribution in [3.05, 3.63) is 24.4 Å². The molecule has 0 radical (unpaired) electrons. The molecule has 2 nitrogen and oxygen atoms in total. The Balaban J connectivity index is 2.70. The van der Waals surface area contributed by atoms with Crippen molar-refractivity contribution in [3.8, 4) is 0 Å². The maximum absolute atomic E-state index is 3.32. The van der Waals surface area contributed by atoms with Crippen molar-refractivity contribution < 1.29 is 0 Å². The number of dihydropyridines is 1. The van der Waals surface area contributed by atoms with Crippen molar-refractivity contribution in [2.75, 3.05) is 0 Å². The van der Waals surface area contributed by atoms with Crippen LogP contribution < -0.4 is 5.32 Å². The molecule has 0 saturated carbocycles. The van der Waals surface area contributed by atoms with Gasteiger partial charge in [-0.05, 0) is 25.3 Å². The van der Waals surface area contributed by atoms with Crippen molar-refractivity contribution in [2.45, 2.75) is 12.6 Å². The second kappa shape index (κ2) is 2.73. The van der Waals surface area contributed by atoms with Crippen molar-refractivity contribution in [1.82, 2.24) is 9.55 Å². The molecule has 0 bridgehead atoms. The summed E-state index contributed by atoms with van der Waals surface area (Å²) in [6.07, 6.45) is 8.32. The van der Waals surface area contributed by atoms with Crippen LogP contribution in [0.4, 0.5) is 0 Å². The number of nitrogens with zero attached hydrogens (tertiary/aromatic N) is 1. The standard InChI is InChI=1S/C6H14N2Si2/c1-6(8(9)10)4-2-3-5-7-6/h2-5,7H,1,9-10H3. The van der Waals surface area contributed by atoms with Gasteiger partial charge in [-0.1, -0.05) is 6.08 Å². The molecule has 0 amide bonds. The highest BCUT2D eigenvalue weighted by molar-refractivity contribution is 6.25. The topological polar surface area (TPSA) is 15.3 Å². The average molecular weight is 170 g/mol. The Kier molecular flexibility index (Phi) is 2.12. The molecule has 0 aliphatic carbocycles. The van der Waals surface area contributed by atoms with Crippen molar-refractivity contribution in [2.24, 2.45) is 0 Å². The Morgan fingerprint density at radius 1 is 1.40 bits per heavy atom. The van der Waals surface area contributed by atoms with E-state index in [4.69, 9.17) is 0 Å². The Labute approximate surface area is 68.0 Å². The first-order valence-corrected chi connectivity index (χ1v) is 5.23. The molecule has 1 atom stereocenters. The number of nitrogens with one attached hydrogen (secondary N) is 1. The summed E-state index contributed by atoms with van der Waals surface area (Å²) in [4.78, 5) is 0. The van der Waals surface area contributed by atoms with Gasteiger partial charge in [-0.15, -0.1) is 0 Å². The summed E-state index contributed by atoms with van der Waals surface area (Å²) >= 11 is 0. The van der Waals surface area contributed by atoms with E-state index in [0.717, 1.165) is 20.8 Å². The summed E-state index contributed by atoms with van der Waals surface area (Å²) in [7, 11) is 2.26. The van der Waals surface area contributed by atoms with Crippen LogP contribution in [-0.2, 0) is 0 Å². The zero-order valence-electron chi connectivity index (χ0n) is 6.76. The summed E-state index contributed by atoms with van der Waals surface area (Å²) < 4.78 is 2.41. The lowest BCUT2D eigenvalue weighted by Crippen LogP contribution is -2.52. The third kappa shape index (κ3) is 1.39. The van der Waals surface area contributed by atoms with Gasteiger partial charge in [0.15, 0.2) is 0 Å². The molecular weight excluding hydrogens is 156 g/mol. The molecule has 4 heteroatoms. The van der Waals surface area contributed by atoms with Gasteiger partial charge in [-0.2, -0.15) is 0 Å². The second-order valence-electron chi connectivity index (χ2n) is 2.90. The Bertz CT molecular complexity index is 177. The molecule has 0 aromatic heterocycles. The molecule has 1 N–H and O–H groups in total. The monoisotopic (exact) mass is 170 g/mol. The van der Waals surface area contributed by atoms with Crippen LogP contribution in [0.5, 0.6) is 0 Å². The zero-order valence-corrected chi connectivity index (χ0v) is 10.8. The summed E-state index contributed by atoms with van der Waals surface area (Å²) in [6.45, 7) is 2.20. The molecule has 10 heavy (non-hydrogen) atoms. The number of rotatable bonds is 1. The molecule has 1 aliphatic rings. The molecule has 1 aliphatic heterocycles. The molecule has 1 heterocycles. The third-order valence-electron chi connectivity index (χ3n) is 1.93. The fourth-order valence-corrected chi connectivity index (χ4v) is 1.40. The smallest absolute Gasteiger partial charge is 0.0937 e. The maximum atomic E-state index is 3.32. The highest BCUT2D eigenvalue weighted by Crippen LogP contribution is 2.10.